The summed E-state index contributed by atoms with van der Waals surface area (Å²) in [6.07, 6.45) is -0.932. The van der Waals surface area contributed by atoms with E-state index in [0.29, 0.717) is 16.7 Å². The van der Waals surface area contributed by atoms with Gasteiger partial charge in [-0.1, -0.05) is 18.2 Å². The van der Waals surface area contributed by atoms with Gasteiger partial charge in [-0.05, 0) is 62.6 Å². The van der Waals surface area contributed by atoms with Crippen molar-refractivity contribution in [3.63, 3.8) is 0 Å². The summed E-state index contributed by atoms with van der Waals surface area (Å²) in [5.41, 5.74) is 4.62. The van der Waals surface area contributed by atoms with Gasteiger partial charge < -0.3 is 9.15 Å². The Morgan fingerprint density at radius 3 is 2.50 bits per heavy atom. The second-order valence-corrected chi connectivity index (χ2v) is 6.99. The molecule has 0 aliphatic rings. The molecule has 0 fully saturated rings. The molecule has 0 bridgehead atoms. The van der Waals surface area contributed by atoms with Gasteiger partial charge in [0.2, 0.25) is 5.78 Å². The number of carbonyl (C=O) groups is 2. The molecule has 0 N–H and O–H groups in total. The lowest BCUT2D eigenvalue weighted by atomic mass is 9.96. The van der Waals surface area contributed by atoms with Gasteiger partial charge in [0.05, 0.1) is 11.9 Å². The first-order chi connectivity index (χ1) is 13.3. The van der Waals surface area contributed by atoms with Crippen molar-refractivity contribution in [3.8, 4) is 0 Å². The number of fused-ring (bicyclic) bond motifs is 1. The Balaban J connectivity index is 1.66. The molecule has 0 aliphatic heterocycles. The summed E-state index contributed by atoms with van der Waals surface area (Å²) in [4.78, 5) is 36.8. The van der Waals surface area contributed by atoms with Gasteiger partial charge in [0.25, 0.3) is 0 Å². The van der Waals surface area contributed by atoms with E-state index >= 15 is 0 Å². The van der Waals surface area contributed by atoms with Crippen molar-refractivity contribution < 1.29 is 18.7 Å². The van der Waals surface area contributed by atoms with Crippen LogP contribution in [0.5, 0.6) is 0 Å². The first-order valence-electron chi connectivity index (χ1n) is 9.18. The summed E-state index contributed by atoms with van der Waals surface area (Å²) in [6.45, 7) is 7.48. The molecule has 1 aromatic heterocycles. The van der Waals surface area contributed by atoms with Crippen LogP contribution in [0, 0.1) is 20.8 Å². The number of hydrogen-bond acceptors (Lipinski definition) is 5. The molecule has 0 saturated heterocycles. The Hall–Kier alpha value is -3.15. The van der Waals surface area contributed by atoms with Crippen LogP contribution in [-0.2, 0) is 16.1 Å². The molecule has 0 radical (unpaired) electrons. The van der Waals surface area contributed by atoms with Gasteiger partial charge in [-0.25, -0.2) is 4.79 Å². The predicted molar refractivity (Wildman–Crippen MR) is 106 cm³/mol. The van der Waals surface area contributed by atoms with Gasteiger partial charge in [0.1, 0.15) is 0 Å². The second-order valence-electron chi connectivity index (χ2n) is 6.99. The van der Waals surface area contributed by atoms with Gasteiger partial charge in [-0.15, -0.1) is 0 Å². The lowest BCUT2D eigenvalue weighted by Gasteiger charge is -2.15. The zero-order chi connectivity index (χ0) is 20.4. The number of hydrogen-bond donors (Lipinski definition) is 0. The van der Waals surface area contributed by atoms with Crippen molar-refractivity contribution in [2.75, 3.05) is 0 Å². The maximum atomic E-state index is 12.7. The van der Waals surface area contributed by atoms with E-state index < -0.39 is 17.8 Å². The van der Waals surface area contributed by atoms with E-state index in [4.69, 9.17) is 9.15 Å². The molecule has 0 aliphatic carbocycles. The van der Waals surface area contributed by atoms with Crippen LogP contribution in [0.15, 0.2) is 45.6 Å². The Labute approximate surface area is 162 Å². The lowest BCUT2D eigenvalue weighted by molar-refractivity contribution is -0.146. The van der Waals surface area contributed by atoms with Crippen molar-refractivity contribution in [2.45, 2.75) is 46.8 Å². The minimum absolute atomic E-state index is 0.0348. The van der Waals surface area contributed by atoms with Crippen molar-refractivity contribution in [3.05, 3.63) is 69.2 Å². The van der Waals surface area contributed by atoms with Crippen molar-refractivity contribution in [1.29, 1.82) is 0 Å². The summed E-state index contributed by atoms with van der Waals surface area (Å²) >= 11 is 0. The summed E-state index contributed by atoms with van der Waals surface area (Å²) in [5.74, 6) is -1.30. The normalized spacial score (nSPS) is 12.1. The number of rotatable bonds is 6. The Kier molecular flexibility index (Phi) is 5.49. The van der Waals surface area contributed by atoms with Gasteiger partial charge in [0, 0.05) is 12.1 Å². The Morgan fingerprint density at radius 2 is 1.75 bits per heavy atom. The van der Waals surface area contributed by atoms with E-state index in [1.807, 2.05) is 32.9 Å². The number of ketones is 1. The molecule has 1 atom stereocenters. The van der Waals surface area contributed by atoms with Crippen LogP contribution in [0.3, 0.4) is 0 Å². The minimum Gasteiger partial charge on any atom is -0.454 e. The highest BCUT2D eigenvalue weighted by Crippen LogP contribution is 2.18. The van der Waals surface area contributed by atoms with E-state index in [0.717, 1.165) is 16.7 Å². The predicted octanol–water partition coefficient (Wildman–Crippen LogP) is 3.72. The maximum Gasteiger partial charge on any atom is 0.419 e. The SMILES string of the molecule is Cc1cc(C)c(C(=O)C(C)OC(=O)CCn2c(=O)oc3ccccc32)cc1C. The molecule has 6 nitrogen and oxygen atoms in total. The fraction of sp³-hybridized carbons (Fsp3) is 0.318. The second kappa shape index (κ2) is 7.84. The number of aromatic nitrogens is 1. The molecule has 28 heavy (non-hydrogen) atoms. The van der Waals surface area contributed by atoms with E-state index in [1.165, 1.54) is 4.57 Å². The number of Topliss-reactive ketones (excluding diaryl/α,β-unsaturated/α-hetero) is 1. The van der Waals surface area contributed by atoms with Crippen LogP contribution >= 0.6 is 0 Å². The number of benzene rings is 2. The van der Waals surface area contributed by atoms with Crippen LogP contribution in [0.2, 0.25) is 0 Å². The number of nitrogens with zero attached hydrogens (tertiary/aromatic N) is 1. The van der Waals surface area contributed by atoms with Crippen molar-refractivity contribution >= 4 is 22.9 Å². The average molecular weight is 381 g/mol. The molecule has 146 valence electrons. The molecule has 3 rings (SSSR count). The zero-order valence-electron chi connectivity index (χ0n) is 16.4. The average Bonchev–Trinajstić information content (AvgIpc) is 2.97. The quantitative estimate of drug-likeness (QED) is 0.480. The summed E-state index contributed by atoms with van der Waals surface area (Å²) in [5, 5.41) is 0. The highest BCUT2D eigenvalue weighted by Gasteiger charge is 2.22. The fourth-order valence-electron chi connectivity index (χ4n) is 3.18. The Morgan fingerprint density at radius 1 is 1.07 bits per heavy atom. The van der Waals surface area contributed by atoms with E-state index in [-0.39, 0.29) is 18.7 Å². The topological polar surface area (TPSA) is 78.5 Å². The molecule has 2 aromatic carbocycles. The molecule has 0 spiro atoms. The van der Waals surface area contributed by atoms with E-state index in [1.54, 1.807) is 31.2 Å². The third-order valence-electron chi connectivity index (χ3n) is 4.90. The zero-order valence-corrected chi connectivity index (χ0v) is 16.4. The molecule has 3 aromatic rings. The van der Waals surface area contributed by atoms with Crippen molar-refractivity contribution in [1.82, 2.24) is 4.57 Å². The molecule has 1 heterocycles. The van der Waals surface area contributed by atoms with Crippen molar-refractivity contribution in [2.24, 2.45) is 0 Å². The Bertz CT molecular complexity index is 1110. The first-order valence-corrected chi connectivity index (χ1v) is 9.18. The summed E-state index contributed by atoms with van der Waals surface area (Å²) in [7, 11) is 0. The molecular formula is C22H23NO5. The highest BCUT2D eigenvalue weighted by molar-refractivity contribution is 6.01. The molecule has 1 unspecified atom stereocenters. The van der Waals surface area contributed by atoms with Crippen LogP contribution in [0.25, 0.3) is 11.1 Å². The van der Waals surface area contributed by atoms with Gasteiger partial charge >= 0.3 is 11.7 Å². The molecule has 0 saturated carbocycles. The minimum atomic E-state index is -0.897. The monoisotopic (exact) mass is 381 g/mol. The van der Waals surface area contributed by atoms with Gasteiger partial charge in [-0.3, -0.25) is 14.2 Å². The maximum absolute atomic E-state index is 12.7. The van der Waals surface area contributed by atoms with Crippen LogP contribution in [-0.4, -0.2) is 22.4 Å². The third kappa shape index (κ3) is 3.91. The number of oxazole rings is 1. The van der Waals surface area contributed by atoms with E-state index in [9.17, 15) is 14.4 Å². The lowest BCUT2D eigenvalue weighted by Crippen LogP contribution is -2.26. The highest BCUT2D eigenvalue weighted by atomic mass is 16.5. The fourth-order valence-corrected chi connectivity index (χ4v) is 3.18. The number of para-hydroxylation sites is 2. The summed E-state index contributed by atoms with van der Waals surface area (Å²) in [6, 6.07) is 10.8. The van der Waals surface area contributed by atoms with Gasteiger partial charge in [0.15, 0.2) is 11.7 Å². The molecular weight excluding hydrogens is 358 g/mol. The number of aryl methyl sites for hydroxylation is 4. The number of ether oxygens (including phenoxy) is 1. The molecule has 6 heteroatoms. The number of carbonyl (C=O) groups excluding carboxylic acids is 2. The first kappa shape index (κ1) is 19.6. The van der Waals surface area contributed by atoms with Crippen LogP contribution in [0.1, 0.15) is 40.4 Å². The van der Waals surface area contributed by atoms with E-state index in [2.05, 4.69) is 0 Å². The van der Waals surface area contributed by atoms with Crippen LogP contribution in [0.4, 0.5) is 0 Å². The molecule has 0 amide bonds. The van der Waals surface area contributed by atoms with Gasteiger partial charge in [-0.2, -0.15) is 0 Å². The third-order valence-corrected chi connectivity index (χ3v) is 4.90. The van der Waals surface area contributed by atoms with Crippen LogP contribution < -0.4 is 5.76 Å². The smallest absolute Gasteiger partial charge is 0.419 e. The number of esters is 1. The standard InChI is InChI=1S/C22H23NO5/c1-13-11-15(3)17(12-14(13)2)21(25)16(4)27-20(24)9-10-23-18-7-5-6-8-19(18)28-22(23)26/h5-8,11-12,16H,9-10H2,1-4H3. The summed E-state index contributed by atoms with van der Waals surface area (Å²) < 4.78 is 11.8. The largest absolute Gasteiger partial charge is 0.454 e.